The zero-order valence-electron chi connectivity index (χ0n) is 11.0. The van der Waals surface area contributed by atoms with E-state index in [1.165, 1.54) is 4.57 Å². The Kier molecular flexibility index (Phi) is 3.08. The summed E-state index contributed by atoms with van der Waals surface area (Å²) < 4.78 is 1.40. The second-order valence-corrected chi connectivity index (χ2v) is 4.66. The van der Waals surface area contributed by atoms with Crippen molar-refractivity contribution in [1.82, 2.24) is 9.55 Å². The SMILES string of the molecule is Cn1c([C@H](O)c2ccccc2)nc2ccccc2c1=O. The van der Waals surface area contributed by atoms with Crippen LogP contribution in [0.4, 0.5) is 0 Å². The van der Waals surface area contributed by atoms with Crippen LogP contribution in [0.5, 0.6) is 0 Å². The molecule has 20 heavy (non-hydrogen) atoms. The van der Waals surface area contributed by atoms with Crippen molar-refractivity contribution in [2.45, 2.75) is 6.10 Å². The average Bonchev–Trinajstić information content (AvgIpc) is 2.51. The molecule has 0 fully saturated rings. The highest BCUT2D eigenvalue weighted by molar-refractivity contribution is 5.77. The summed E-state index contributed by atoms with van der Waals surface area (Å²) in [6, 6.07) is 16.3. The first-order valence-electron chi connectivity index (χ1n) is 6.37. The summed E-state index contributed by atoms with van der Waals surface area (Å²) in [5.74, 6) is 0.347. The number of nitrogens with zero attached hydrogens (tertiary/aromatic N) is 2. The van der Waals surface area contributed by atoms with E-state index in [0.29, 0.717) is 22.3 Å². The highest BCUT2D eigenvalue weighted by Gasteiger charge is 2.17. The lowest BCUT2D eigenvalue weighted by Gasteiger charge is -2.15. The Morgan fingerprint density at radius 2 is 1.70 bits per heavy atom. The fourth-order valence-electron chi connectivity index (χ4n) is 2.26. The highest BCUT2D eigenvalue weighted by Crippen LogP contribution is 2.20. The van der Waals surface area contributed by atoms with E-state index in [4.69, 9.17) is 0 Å². The van der Waals surface area contributed by atoms with Crippen molar-refractivity contribution in [3.05, 3.63) is 76.3 Å². The largest absolute Gasteiger partial charge is 0.380 e. The summed E-state index contributed by atoms with van der Waals surface area (Å²) in [5.41, 5.74) is 1.16. The second-order valence-electron chi connectivity index (χ2n) is 4.66. The molecule has 2 aromatic carbocycles. The summed E-state index contributed by atoms with van der Waals surface area (Å²) in [5, 5.41) is 11.0. The Balaban J connectivity index is 2.22. The van der Waals surface area contributed by atoms with Gasteiger partial charge in [-0.25, -0.2) is 4.98 Å². The van der Waals surface area contributed by atoms with Crippen LogP contribution in [0.15, 0.2) is 59.4 Å². The molecule has 1 aromatic heterocycles. The van der Waals surface area contributed by atoms with Gasteiger partial charge in [-0.3, -0.25) is 9.36 Å². The maximum Gasteiger partial charge on any atom is 0.261 e. The van der Waals surface area contributed by atoms with E-state index in [-0.39, 0.29) is 5.56 Å². The van der Waals surface area contributed by atoms with E-state index in [9.17, 15) is 9.90 Å². The van der Waals surface area contributed by atoms with Gasteiger partial charge >= 0.3 is 0 Å². The number of hydrogen-bond acceptors (Lipinski definition) is 3. The van der Waals surface area contributed by atoms with Crippen LogP contribution in [-0.2, 0) is 7.05 Å². The number of rotatable bonds is 2. The average molecular weight is 266 g/mol. The quantitative estimate of drug-likeness (QED) is 0.772. The van der Waals surface area contributed by atoms with Crippen molar-refractivity contribution in [3.8, 4) is 0 Å². The van der Waals surface area contributed by atoms with Crippen LogP contribution in [0.3, 0.4) is 0 Å². The number of hydrogen-bond donors (Lipinski definition) is 1. The van der Waals surface area contributed by atoms with Crippen molar-refractivity contribution in [2.24, 2.45) is 7.05 Å². The summed E-state index contributed by atoms with van der Waals surface area (Å²) in [7, 11) is 1.63. The van der Waals surface area contributed by atoms with Gasteiger partial charge in [0.1, 0.15) is 11.9 Å². The molecule has 3 rings (SSSR count). The van der Waals surface area contributed by atoms with Crippen LogP contribution in [0.1, 0.15) is 17.5 Å². The highest BCUT2D eigenvalue weighted by atomic mass is 16.3. The van der Waals surface area contributed by atoms with Crippen molar-refractivity contribution >= 4 is 10.9 Å². The Morgan fingerprint density at radius 3 is 2.45 bits per heavy atom. The molecule has 3 aromatic rings. The van der Waals surface area contributed by atoms with Gasteiger partial charge in [-0.2, -0.15) is 0 Å². The summed E-state index contributed by atoms with van der Waals surface area (Å²) >= 11 is 0. The van der Waals surface area contributed by atoms with Gasteiger partial charge in [0.05, 0.1) is 10.9 Å². The number of aliphatic hydroxyl groups is 1. The van der Waals surface area contributed by atoms with E-state index in [1.54, 1.807) is 25.2 Å². The number of benzene rings is 2. The normalized spacial score (nSPS) is 12.5. The fraction of sp³-hybridized carbons (Fsp3) is 0.125. The lowest BCUT2D eigenvalue weighted by atomic mass is 10.1. The van der Waals surface area contributed by atoms with Crippen LogP contribution >= 0.6 is 0 Å². The second kappa shape index (κ2) is 4.90. The molecule has 0 saturated heterocycles. The Labute approximate surface area is 116 Å². The van der Waals surface area contributed by atoms with Gasteiger partial charge in [0, 0.05) is 7.05 Å². The number of fused-ring (bicyclic) bond motifs is 1. The monoisotopic (exact) mass is 266 g/mol. The van der Waals surface area contributed by atoms with Gasteiger partial charge in [-0.15, -0.1) is 0 Å². The molecular formula is C16H14N2O2. The molecule has 0 spiro atoms. The molecule has 0 aliphatic carbocycles. The van der Waals surface area contributed by atoms with Gasteiger partial charge in [0.2, 0.25) is 0 Å². The first kappa shape index (κ1) is 12.6. The molecule has 100 valence electrons. The molecule has 1 atom stereocenters. The van der Waals surface area contributed by atoms with Gasteiger partial charge in [0.25, 0.3) is 5.56 Å². The molecule has 0 aliphatic heterocycles. The molecule has 1 heterocycles. The van der Waals surface area contributed by atoms with Crippen molar-refractivity contribution in [1.29, 1.82) is 0 Å². The Morgan fingerprint density at radius 1 is 1.05 bits per heavy atom. The predicted octanol–water partition coefficient (Wildman–Crippen LogP) is 2.02. The van der Waals surface area contributed by atoms with Crippen LogP contribution in [-0.4, -0.2) is 14.7 Å². The summed E-state index contributed by atoms with van der Waals surface area (Å²) in [4.78, 5) is 16.7. The molecule has 0 amide bonds. The molecule has 4 nitrogen and oxygen atoms in total. The zero-order chi connectivity index (χ0) is 14.1. The molecule has 1 N–H and O–H groups in total. The maximum atomic E-state index is 12.3. The van der Waals surface area contributed by atoms with Gasteiger partial charge < -0.3 is 5.11 Å². The van der Waals surface area contributed by atoms with E-state index in [2.05, 4.69) is 4.98 Å². The van der Waals surface area contributed by atoms with E-state index < -0.39 is 6.10 Å². The topological polar surface area (TPSA) is 55.1 Å². The third-order valence-corrected chi connectivity index (χ3v) is 3.38. The van der Waals surface area contributed by atoms with Gasteiger partial charge in [-0.1, -0.05) is 42.5 Å². The molecule has 0 bridgehead atoms. The third-order valence-electron chi connectivity index (χ3n) is 3.38. The predicted molar refractivity (Wildman–Crippen MR) is 77.5 cm³/mol. The first-order chi connectivity index (χ1) is 9.68. The fourth-order valence-corrected chi connectivity index (χ4v) is 2.26. The van der Waals surface area contributed by atoms with Crippen LogP contribution < -0.4 is 5.56 Å². The number of aromatic nitrogens is 2. The minimum atomic E-state index is -0.918. The van der Waals surface area contributed by atoms with E-state index in [0.717, 1.165) is 0 Å². The van der Waals surface area contributed by atoms with Gasteiger partial charge in [-0.05, 0) is 17.7 Å². The first-order valence-corrected chi connectivity index (χ1v) is 6.37. The lowest BCUT2D eigenvalue weighted by Crippen LogP contribution is -2.24. The van der Waals surface area contributed by atoms with Crippen molar-refractivity contribution in [2.75, 3.05) is 0 Å². The summed E-state index contributed by atoms with van der Waals surface area (Å²) in [6.45, 7) is 0. The smallest absolute Gasteiger partial charge is 0.261 e. The molecule has 4 heteroatoms. The van der Waals surface area contributed by atoms with Crippen LogP contribution in [0.2, 0.25) is 0 Å². The maximum absolute atomic E-state index is 12.3. The molecule has 0 aliphatic rings. The van der Waals surface area contributed by atoms with E-state index >= 15 is 0 Å². The molecular weight excluding hydrogens is 252 g/mol. The number of aliphatic hydroxyl groups excluding tert-OH is 1. The Bertz CT molecular complexity index is 810. The number of para-hydroxylation sites is 1. The van der Waals surface area contributed by atoms with Crippen molar-refractivity contribution < 1.29 is 5.11 Å². The van der Waals surface area contributed by atoms with Crippen molar-refractivity contribution in [3.63, 3.8) is 0 Å². The van der Waals surface area contributed by atoms with Gasteiger partial charge in [0.15, 0.2) is 0 Å². The minimum Gasteiger partial charge on any atom is -0.380 e. The lowest BCUT2D eigenvalue weighted by molar-refractivity contribution is 0.204. The van der Waals surface area contributed by atoms with E-state index in [1.807, 2.05) is 36.4 Å². The zero-order valence-corrected chi connectivity index (χ0v) is 11.0. The van der Waals surface area contributed by atoms with Crippen LogP contribution in [0.25, 0.3) is 10.9 Å². The third kappa shape index (κ3) is 2.00. The Hall–Kier alpha value is -2.46. The minimum absolute atomic E-state index is 0.152. The molecule has 0 radical (unpaired) electrons. The molecule has 0 unspecified atom stereocenters. The van der Waals surface area contributed by atoms with Crippen LogP contribution in [0, 0.1) is 0 Å². The summed E-state index contributed by atoms with van der Waals surface area (Å²) in [6.07, 6.45) is -0.918. The standard InChI is InChI=1S/C16H14N2O2/c1-18-15(14(19)11-7-3-2-4-8-11)17-13-10-6-5-9-12(13)16(18)20/h2-10,14,19H,1H3/t14-/m1/s1. The molecule has 0 saturated carbocycles.